The number of benzene rings is 1. The van der Waals surface area contributed by atoms with Gasteiger partial charge in [-0.15, -0.1) is 11.3 Å². The van der Waals surface area contributed by atoms with Crippen molar-refractivity contribution in [2.45, 2.75) is 0 Å². The van der Waals surface area contributed by atoms with Crippen LogP contribution in [0.2, 0.25) is 0 Å². The molecule has 2 aromatic rings. The van der Waals surface area contributed by atoms with Gasteiger partial charge < -0.3 is 5.11 Å². The number of hydrogen-bond acceptors (Lipinski definition) is 2. The van der Waals surface area contributed by atoms with Crippen LogP contribution in [0.3, 0.4) is 0 Å². The molecular weight excluding hydrogens is 204 g/mol. The molecule has 0 saturated heterocycles. The first-order chi connectivity index (χ1) is 7.40. The van der Waals surface area contributed by atoms with Gasteiger partial charge in [-0.2, -0.15) is 0 Å². The molecule has 0 unspecified atom stereocenters. The maximum atomic E-state index is 9.30. The van der Waals surface area contributed by atoms with Crippen LogP contribution in [0.25, 0.3) is 11.6 Å². The lowest BCUT2D eigenvalue weighted by Gasteiger charge is -2.00. The fourth-order valence-electron chi connectivity index (χ4n) is 1.41. The molecule has 2 heteroatoms. The molecule has 76 valence electrons. The molecule has 0 radical (unpaired) electrons. The Labute approximate surface area is 93.3 Å². The zero-order chi connectivity index (χ0) is 10.5. The van der Waals surface area contributed by atoms with Crippen LogP contribution in [0.4, 0.5) is 0 Å². The van der Waals surface area contributed by atoms with E-state index in [0.717, 1.165) is 16.0 Å². The molecule has 0 aliphatic carbocycles. The molecule has 1 N–H and O–H groups in total. The Hall–Kier alpha value is -1.38. The van der Waals surface area contributed by atoms with Gasteiger partial charge in [-0.25, -0.2) is 0 Å². The highest BCUT2D eigenvalue weighted by atomic mass is 32.1. The van der Waals surface area contributed by atoms with Gasteiger partial charge in [0.15, 0.2) is 0 Å². The summed E-state index contributed by atoms with van der Waals surface area (Å²) >= 11 is 1.65. The molecule has 0 saturated carbocycles. The van der Waals surface area contributed by atoms with E-state index in [0.29, 0.717) is 0 Å². The molecule has 0 amide bonds. The lowest BCUT2D eigenvalue weighted by molar-refractivity contribution is 0.351. The predicted molar refractivity (Wildman–Crippen MR) is 65.7 cm³/mol. The smallest absolute Gasteiger partial charge is 0.0695 e. The highest BCUT2D eigenvalue weighted by Gasteiger charge is 2.00. The van der Waals surface area contributed by atoms with Crippen molar-refractivity contribution in [3.63, 3.8) is 0 Å². The lowest BCUT2D eigenvalue weighted by atomic mass is 10.1. The van der Waals surface area contributed by atoms with Gasteiger partial charge in [-0.1, -0.05) is 36.4 Å². The number of thiophene rings is 1. The molecule has 15 heavy (non-hydrogen) atoms. The van der Waals surface area contributed by atoms with E-state index in [1.54, 1.807) is 11.3 Å². The molecule has 0 spiro atoms. The molecule has 2 rings (SSSR count). The third-order valence-electron chi connectivity index (χ3n) is 2.15. The van der Waals surface area contributed by atoms with Crippen LogP contribution in [0, 0.1) is 0 Å². The Morgan fingerprint density at radius 2 is 1.93 bits per heavy atom. The Morgan fingerprint density at radius 1 is 1.13 bits per heavy atom. The molecular formula is C13H12OS. The first-order valence-electron chi connectivity index (χ1n) is 4.80. The minimum absolute atomic E-state index is 0.0788. The van der Waals surface area contributed by atoms with E-state index in [-0.39, 0.29) is 6.61 Å². The third kappa shape index (κ3) is 2.55. The van der Waals surface area contributed by atoms with Crippen LogP contribution in [-0.4, -0.2) is 11.7 Å². The van der Waals surface area contributed by atoms with E-state index >= 15 is 0 Å². The second-order valence-corrected chi connectivity index (χ2v) is 4.16. The average molecular weight is 216 g/mol. The zero-order valence-electron chi connectivity index (χ0n) is 8.26. The number of aliphatic hydroxyl groups is 1. The zero-order valence-corrected chi connectivity index (χ0v) is 9.08. The van der Waals surface area contributed by atoms with Crippen molar-refractivity contribution < 1.29 is 5.11 Å². The second-order valence-electron chi connectivity index (χ2n) is 3.22. The minimum atomic E-state index is 0.0788. The molecule has 0 bridgehead atoms. The summed E-state index contributed by atoms with van der Waals surface area (Å²) in [4.78, 5) is 1.13. The summed E-state index contributed by atoms with van der Waals surface area (Å²) in [6.07, 6.45) is 2.02. The van der Waals surface area contributed by atoms with Gasteiger partial charge in [0.2, 0.25) is 0 Å². The van der Waals surface area contributed by atoms with Crippen molar-refractivity contribution in [2.24, 2.45) is 0 Å². The molecule has 0 aliphatic rings. The minimum Gasteiger partial charge on any atom is -0.392 e. The molecule has 0 aliphatic heterocycles. The van der Waals surface area contributed by atoms with Crippen molar-refractivity contribution in [1.82, 2.24) is 0 Å². The van der Waals surface area contributed by atoms with Gasteiger partial charge in [0.25, 0.3) is 0 Å². The highest BCUT2D eigenvalue weighted by molar-refractivity contribution is 7.11. The second kappa shape index (κ2) is 4.91. The van der Waals surface area contributed by atoms with Gasteiger partial charge >= 0.3 is 0 Å². The number of rotatable bonds is 3. The van der Waals surface area contributed by atoms with Crippen LogP contribution in [0.1, 0.15) is 10.4 Å². The average Bonchev–Trinajstić information content (AvgIpc) is 2.81. The molecule has 1 aromatic carbocycles. The van der Waals surface area contributed by atoms with E-state index in [9.17, 15) is 5.11 Å². The summed E-state index contributed by atoms with van der Waals surface area (Å²) < 4.78 is 0. The normalized spacial score (nSPS) is 11.7. The predicted octanol–water partition coefficient (Wildman–Crippen LogP) is 3.28. The van der Waals surface area contributed by atoms with Crippen molar-refractivity contribution in [3.05, 3.63) is 58.3 Å². The summed E-state index contributed by atoms with van der Waals surface area (Å²) in [6.45, 7) is 0.0788. The van der Waals surface area contributed by atoms with Gasteiger partial charge in [-0.3, -0.25) is 0 Å². The maximum Gasteiger partial charge on any atom is 0.0695 e. The Kier molecular flexibility index (Phi) is 3.33. The van der Waals surface area contributed by atoms with E-state index in [1.165, 1.54) is 0 Å². The van der Waals surface area contributed by atoms with Crippen LogP contribution in [0.5, 0.6) is 0 Å². The Balaban J connectivity index is 2.32. The first kappa shape index (κ1) is 10.1. The summed E-state index contributed by atoms with van der Waals surface area (Å²) in [5, 5.41) is 11.3. The van der Waals surface area contributed by atoms with Crippen molar-refractivity contribution in [1.29, 1.82) is 0 Å². The fraction of sp³-hybridized carbons (Fsp3) is 0.0769. The molecule has 0 fully saturated rings. The summed E-state index contributed by atoms with van der Waals surface area (Å²) in [5.41, 5.74) is 2.09. The first-order valence-corrected chi connectivity index (χ1v) is 5.68. The van der Waals surface area contributed by atoms with Crippen LogP contribution >= 0.6 is 11.3 Å². The van der Waals surface area contributed by atoms with Crippen molar-refractivity contribution >= 4 is 23.0 Å². The molecule has 1 aromatic heterocycles. The van der Waals surface area contributed by atoms with Gasteiger partial charge in [-0.05, 0) is 28.7 Å². The van der Waals surface area contributed by atoms with E-state index in [2.05, 4.69) is 0 Å². The third-order valence-corrected chi connectivity index (χ3v) is 3.09. The standard InChI is InChI=1S/C13H12OS/c14-10-12(13-7-4-8-15-13)9-11-5-2-1-3-6-11/h1-9,14H,10H2. The van der Waals surface area contributed by atoms with E-state index in [4.69, 9.17) is 0 Å². The molecule has 1 heterocycles. The van der Waals surface area contributed by atoms with Crippen LogP contribution in [0.15, 0.2) is 47.8 Å². The SMILES string of the molecule is OCC(=Cc1ccccc1)c1cccs1. The molecule has 1 nitrogen and oxygen atoms in total. The van der Waals surface area contributed by atoms with Crippen molar-refractivity contribution in [2.75, 3.05) is 6.61 Å². The summed E-state index contributed by atoms with van der Waals surface area (Å²) in [6, 6.07) is 14.1. The maximum absolute atomic E-state index is 9.30. The van der Waals surface area contributed by atoms with Crippen LogP contribution in [-0.2, 0) is 0 Å². The van der Waals surface area contributed by atoms with Gasteiger partial charge in [0, 0.05) is 4.88 Å². The summed E-state index contributed by atoms with van der Waals surface area (Å²) in [5.74, 6) is 0. The topological polar surface area (TPSA) is 20.2 Å². The number of hydrogen-bond donors (Lipinski definition) is 1. The largest absolute Gasteiger partial charge is 0.392 e. The van der Waals surface area contributed by atoms with Gasteiger partial charge in [0.1, 0.15) is 0 Å². The Bertz CT molecular complexity index is 429. The van der Waals surface area contributed by atoms with Crippen LogP contribution < -0.4 is 0 Å². The Morgan fingerprint density at radius 3 is 2.53 bits per heavy atom. The fourth-order valence-corrected chi connectivity index (χ4v) is 2.14. The lowest BCUT2D eigenvalue weighted by Crippen LogP contribution is -1.86. The van der Waals surface area contributed by atoms with E-state index < -0.39 is 0 Å². The monoisotopic (exact) mass is 216 g/mol. The highest BCUT2D eigenvalue weighted by Crippen LogP contribution is 2.22. The summed E-state index contributed by atoms with van der Waals surface area (Å²) in [7, 11) is 0. The van der Waals surface area contributed by atoms with E-state index in [1.807, 2.05) is 53.9 Å². The molecule has 0 atom stereocenters. The number of aliphatic hydroxyl groups excluding tert-OH is 1. The van der Waals surface area contributed by atoms with Crippen molar-refractivity contribution in [3.8, 4) is 0 Å². The quantitative estimate of drug-likeness (QED) is 0.834. The van der Waals surface area contributed by atoms with Gasteiger partial charge in [0.05, 0.1) is 6.61 Å².